The average Bonchev–Trinajstić information content (AvgIpc) is 2.67. The first-order valence-corrected chi connectivity index (χ1v) is 7.03. The Labute approximate surface area is 137 Å². The van der Waals surface area contributed by atoms with Gasteiger partial charge in [0.15, 0.2) is 0 Å². The van der Waals surface area contributed by atoms with Crippen LogP contribution in [0.2, 0.25) is 0 Å². The minimum absolute atomic E-state index is 0.0433. The Kier molecular flexibility index (Phi) is 4.23. The molecule has 0 radical (unpaired) electrons. The number of pyridine rings is 1. The third kappa shape index (κ3) is 3.09. The summed E-state index contributed by atoms with van der Waals surface area (Å²) in [7, 11) is 0. The molecule has 0 atom stereocenters. The fourth-order valence-electron chi connectivity index (χ4n) is 2.13. The van der Waals surface area contributed by atoms with Crippen molar-refractivity contribution < 1.29 is 4.79 Å². The molecule has 116 valence electrons. The topological polar surface area (TPSA) is 118 Å². The van der Waals surface area contributed by atoms with Crippen molar-refractivity contribution in [2.24, 2.45) is 5.84 Å². The molecular weight excluding hydrogens is 304 g/mol. The van der Waals surface area contributed by atoms with E-state index in [-0.39, 0.29) is 5.82 Å². The van der Waals surface area contributed by atoms with Crippen molar-refractivity contribution in [1.82, 2.24) is 20.4 Å². The number of nitriles is 1. The first-order valence-electron chi connectivity index (χ1n) is 7.03. The van der Waals surface area contributed by atoms with Crippen LogP contribution in [-0.2, 0) is 0 Å². The van der Waals surface area contributed by atoms with Crippen molar-refractivity contribution in [3.05, 3.63) is 66.2 Å². The van der Waals surface area contributed by atoms with Gasteiger partial charge in [-0.1, -0.05) is 30.3 Å². The second-order valence-corrected chi connectivity index (χ2v) is 4.85. The highest BCUT2D eigenvalue weighted by Crippen LogP contribution is 2.23. The molecule has 2 aromatic heterocycles. The second-order valence-electron chi connectivity index (χ2n) is 4.85. The van der Waals surface area contributed by atoms with Crippen LogP contribution >= 0.6 is 0 Å². The number of hydrogen-bond donors (Lipinski definition) is 2. The number of amides is 1. The molecule has 3 rings (SSSR count). The molecule has 0 saturated carbocycles. The number of carbonyl (C=O) groups is 1. The molecule has 0 aliphatic rings. The highest BCUT2D eigenvalue weighted by molar-refractivity contribution is 5.91. The van der Waals surface area contributed by atoms with Crippen molar-refractivity contribution in [3.63, 3.8) is 0 Å². The molecule has 0 aliphatic carbocycles. The van der Waals surface area contributed by atoms with Crippen LogP contribution in [0.25, 0.3) is 22.5 Å². The zero-order chi connectivity index (χ0) is 16.9. The fourth-order valence-corrected chi connectivity index (χ4v) is 2.13. The summed E-state index contributed by atoms with van der Waals surface area (Å²) < 4.78 is 0. The SMILES string of the molecule is N#Cc1ccc(-c2cc(-c3ccccc3)nc(C(=O)NN)n2)cn1. The second kappa shape index (κ2) is 6.64. The van der Waals surface area contributed by atoms with E-state index in [1.807, 2.05) is 41.8 Å². The minimum Gasteiger partial charge on any atom is -0.287 e. The third-order valence-electron chi connectivity index (χ3n) is 3.30. The normalized spacial score (nSPS) is 10.0. The molecule has 0 saturated heterocycles. The van der Waals surface area contributed by atoms with E-state index in [1.54, 1.807) is 18.2 Å². The number of nitrogens with two attached hydrogens (primary N) is 1. The lowest BCUT2D eigenvalue weighted by Crippen LogP contribution is -2.31. The van der Waals surface area contributed by atoms with Crippen LogP contribution in [0.5, 0.6) is 0 Å². The van der Waals surface area contributed by atoms with Gasteiger partial charge in [0.25, 0.3) is 0 Å². The van der Waals surface area contributed by atoms with Gasteiger partial charge in [0, 0.05) is 17.3 Å². The zero-order valence-corrected chi connectivity index (χ0v) is 12.5. The lowest BCUT2D eigenvalue weighted by molar-refractivity contribution is 0.0943. The largest absolute Gasteiger partial charge is 0.302 e. The molecule has 7 heteroatoms. The van der Waals surface area contributed by atoms with Gasteiger partial charge < -0.3 is 0 Å². The Morgan fingerprint density at radius 3 is 2.33 bits per heavy atom. The van der Waals surface area contributed by atoms with Gasteiger partial charge in [-0.2, -0.15) is 5.26 Å². The zero-order valence-electron chi connectivity index (χ0n) is 12.5. The van der Waals surface area contributed by atoms with Gasteiger partial charge >= 0.3 is 5.91 Å². The van der Waals surface area contributed by atoms with Gasteiger partial charge in [-0.25, -0.2) is 20.8 Å². The van der Waals surface area contributed by atoms with Crippen LogP contribution in [0.3, 0.4) is 0 Å². The van der Waals surface area contributed by atoms with Crippen LogP contribution < -0.4 is 11.3 Å². The van der Waals surface area contributed by atoms with Crippen LogP contribution in [-0.4, -0.2) is 20.9 Å². The molecule has 1 aromatic carbocycles. The number of hydrogen-bond acceptors (Lipinski definition) is 6. The lowest BCUT2D eigenvalue weighted by Gasteiger charge is -2.08. The van der Waals surface area contributed by atoms with Crippen molar-refractivity contribution >= 4 is 5.91 Å². The van der Waals surface area contributed by atoms with Gasteiger partial charge in [-0.15, -0.1) is 0 Å². The van der Waals surface area contributed by atoms with E-state index in [9.17, 15) is 4.79 Å². The maximum absolute atomic E-state index is 11.9. The number of carbonyl (C=O) groups excluding carboxylic acids is 1. The summed E-state index contributed by atoms with van der Waals surface area (Å²) in [5.74, 6) is 4.56. The molecule has 3 aromatic rings. The predicted molar refractivity (Wildman–Crippen MR) is 87.1 cm³/mol. The smallest absolute Gasteiger partial charge is 0.287 e. The average molecular weight is 316 g/mol. The molecule has 7 nitrogen and oxygen atoms in total. The number of nitrogen functional groups attached to an aromatic ring is 1. The van der Waals surface area contributed by atoms with Crippen molar-refractivity contribution in [2.45, 2.75) is 0 Å². The number of nitrogens with zero attached hydrogens (tertiary/aromatic N) is 4. The van der Waals surface area contributed by atoms with E-state index >= 15 is 0 Å². The Morgan fingerprint density at radius 2 is 1.75 bits per heavy atom. The van der Waals surface area contributed by atoms with E-state index in [4.69, 9.17) is 11.1 Å². The first-order chi connectivity index (χ1) is 11.7. The summed E-state index contributed by atoms with van der Waals surface area (Å²) in [6, 6.07) is 16.4. The quantitative estimate of drug-likeness (QED) is 0.431. The Hall–Kier alpha value is -3.63. The summed E-state index contributed by atoms with van der Waals surface area (Å²) in [6.45, 7) is 0. The monoisotopic (exact) mass is 316 g/mol. The molecule has 0 bridgehead atoms. The van der Waals surface area contributed by atoms with Gasteiger partial charge in [-0.05, 0) is 18.2 Å². The Balaban J connectivity index is 2.14. The van der Waals surface area contributed by atoms with E-state index in [2.05, 4.69) is 15.0 Å². The van der Waals surface area contributed by atoms with Crippen molar-refractivity contribution in [2.75, 3.05) is 0 Å². The highest BCUT2D eigenvalue weighted by atomic mass is 16.2. The first kappa shape index (κ1) is 15.3. The predicted octanol–water partition coefficient (Wildman–Crippen LogP) is 1.68. The maximum atomic E-state index is 11.9. The van der Waals surface area contributed by atoms with Crippen LogP contribution in [0, 0.1) is 11.3 Å². The van der Waals surface area contributed by atoms with E-state index in [0.717, 1.165) is 5.56 Å². The molecule has 2 heterocycles. The molecule has 0 fully saturated rings. The van der Waals surface area contributed by atoms with Crippen LogP contribution in [0.1, 0.15) is 16.3 Å². The molecular formula is C17H12N6O. The number of rotatable bonds is 3. The minimum atomic E-state index is -0.587. The van der Waals surface area contributed by atoms with Gasteiger partial charge in [-0.3, -0.25) is 10.2 Å². The summed E-state index contributed by atoms with van der Waals surface area (Å²) in [5, 5.41) is 8.84. The van der Waals surface area contributed by atoms with Crippen molar-refractivity contribution in [1.29, 1.82) is 5.26 Å². The number of nitrogens with one attached hydrogen (secondary N) is 1. The molecule has 1 amide bonds. The molecule has 24 heavy (non-hydrogen) atoms. The number of hydrazine groups is 1. The summed E-state index contributed by atoms with van der Waals surface area (Å²) in [6.07, 6.45) is 1.53. The Bertz CT molecular complexity index is 916. The fraction of sp³-hybridized carbons (Fsp3) is 0. The van der Waals surface area contributed by atoms with Gasteiger partial charge in [0.05, 0.1) is 11.4 Å². The van der Waals surface area contributed by atoms with Crippen molar-refractivity contribution in [3.8, 4) is 28.6 Å². The molecule has 0 unspecified atom stereocenters. The molecule has 3 N–H and O–H groups in total. The van der Waals surface area contributed by atoms with E-state index in [1.165, 1.54) is 6.20 Å². The summed E-state index contributed by atoms with van der Waals surface area (Å²) in [5.41, 5.74) is 4.94. The Morgan fingerprint density at radius 1 is 1.04 bits per heavy atom. The number of benzene rings is 1. The highest BCUT2D eigenvalue weighted by Gasteiger charge is 2.13. The van der Waals surface area contributed by atoms with Crippen LogP contribution in [0.4, 0.5) is 0 Å². The summed E-state index contributed by atoms with van der Waals surface area (Å²) in [4.78, 5) is 24.4. The molecule has 0 aliphatic heterocycles. The van der Waals surface area contributed by atoms with Crippen LogP contribution in [0.15, 0.2) is 54.7 Å². The van der Waals surface area contributed by atoms with E-state index in [0.29, 0.717) is 22.6 Å². The lowest BCUT2D eigenvalue weighted by atomic mass is 10.1. The summed E-state index contributed by atoms with van der Waals surface area (Å²) >= 11 is 0. The number of aromatic nitrogens is 3. The van der Waals surface area contributed by atoms with Gasteiger partial charge in [0.2, 0.25) is 5.82 Å². The standard InChI is InChI=1S/C17H12N6O/c18-9-13-7-6-12(10-20-13)15-8-14(11-4-2-1-3-5-11)21-16(22-15)17(24)23-19/h1-8,10H,19H2,(H,23,24). The molecule has 0 spiro atoms. The van der Waals surface area contributed by atoms with Gasteiger partial charge in [0.1, 0.15) is 11.8 Å². The third-order valence-corrected chi connectivity index (χ3v) is 3.30. The van der Waals surface area contributed by atoms with E-state index < -0.39 is 5.91 Å². The maximum Gasteiger partial charge on any atom is 0.302 e.